The molecule has 1 fully saturated rings. The molecule has 4 rings (SSSR count). The predicted octanol–water partition coefficient (Wildman–Crippen LogP) is 4.57. The highest BCUT2D eigenvalue weighted by molar-refractivity contribution is 5.96. The van der Waals surface area contributed by atoms with Gasteiger partial charge in [-0.2, -0.15) is 0 Å². The molecule has 6 nitrogen and oxygen atoms in total. The molecule has 1 amide bonds. The number of anilines is 3. The van der Waals surface area contributed by atoms with Crippen molar-refractivity contribution in [1.29, 1.82) is 0 Å². The summed E-state index contributed by atoms with van der Waals surface area (Å²) in [7, 11) is 0. The van der Waals surface area contributed by atoms with Crippen molar-refractivity contribution in [1.82, 2.24) is 4.98 Å². The summed E-state index contributed by atoms with van der Waals surface area (Å²) in [5.74, 6) is 0.549. The SMILES string of the molecule is Cc1nc2cc(NC(C)C(=O)Nc3ccc(N4CCCCC4)cc3)ccc2o1. The minimum atomic E-state index is -0.382. The van der Waals surface area contributed by atoms with Crippen LogP contribution < -0.4 is 15.5 Å². The molecule has 0 saturated carbocycles. The average Bonchev–Trinajstić information content (AvgIpc) is 3.08. The third-order valence-electron chi connectivity index (χ3n) is 5.13. The number of hydrogen-bond acceptors (Lipinski definition) is 5. The molecule has 0 aliphatic carbocycles. The van der Waals surface area contributed by atoms with Crippen LogP contribution >= 0.6 is 0 Å². The Morgan fingerprint density at radius 3 is 2.54 bits per heavy atom. The summed E-state index contributed by atoms with van der Waals surface area (Å²) in [5.41, 5.74) is 4.39. The standard InChI is InChI=1S/C22H26N4O2/c1-15(23-18-8-11-21-20(14-18)24-16(2)28-21)22(27)25-17-6-9-19(10-7-17)26-12-4-3-5-13-26/h6-11,14-15,23H,3-5,12-13H2,1-2H3,(H,25,27). The van der Waals surface area contributed by atoms with Crippen LogP contribution in [0.15, 0.2) is 46.9 Å². The van der Waals surface area contributed by atoms with Crippen LogP contribution in [0.25, 0.3) is 11.1 Å². The second-order valence-corrected chi connectivity index (χ2v) is 7.37. The van der Waals surface area contributed by atoms with E-state index >= 15 is 0 Å². The van der Waals surface area contributed by atoms with Crippen LogP contribution in [0.4, 0.5) is 17.1 Å². The van der Waals surface area contributed by atoms with Gasteiger partial charge in [-0.3, -0.25) is 4.79 Å². The molecule has 0 spiro atoms. The topological polar surface area (TPSA) is 70.4 Å². The molecular formula is C22H26N4O2. The van der Waals surface area contributed by atoms with Gasteiger partial charge in [0.2, 0.25) is 5.91 Å². The minimum Gasteiger partial charge on any atom is -0.441 e. The number of fused-ring (bicyclic) bond motifs is 1. The number of nitrogens with one attached hydrogen (secondary N) is 2. The molecule has 1 atom stereocenters. The van der Waals surface area contributed by atoms with E-state index in [0.29, 0.717) is 5.89 Å². The van der Waals surface area contributed by atoms with Crippen molar-refractivity contribution >= 4 is 34.1 Å². The van der Waals surface area contributed by atoms with E-state index < -0.39 is 0 Å². The highest BCUT2D eigenvalue weighted by Gasteiger charge is 2.15. The molecule has 1 aliphatic heterocycles. The quantitative estimate of drug-likeness (QED) is 0.681. The molecule has 2 N–H and O–H groups in total. The molecular weight excluding hydrogens is 352 g/mol. The molecule has 1 aromatic heterocycles. The second kappa shape index (κ2) is 7.92. The van der Waals surface area contributed by atoms with Crippen LogP contribution in [0.2, 0.25) is 0 Å². The summed E-state index contributed by atoms with van der Waals surface area (Å²) in [6.07, 6.45) is 3.82. The highest BCUT2D eigenvalue weighted by atomic mass is 16.3. The van der Waals surface area contributed by atoms with Crippen LogP contribution in [0.3, 0.4) is 0 Å². The predicted molar refractivity (Wildman–Crippen MR) is 113 cm³/mol. The third kappa shape index (κ3) is 4.11. The van der Waals surface area contributed by atoms with E-state index in [2.05, 4.69) is 32.7 Å². The lowest BCUT2D eigenvalue weighted by atomic mass is 10.1. The van der Waals surface area contributed by atoms with Gasteiger partial charge in [0.15, 0.2) is 11.5 Å². The molecule has 2 aromatic carbocycles. The lowest BCUT2D eigenvalue weighted by molar-refractivity contribution is -0.116. The molecule has 1 unspecified atom stereocenters. The number of carbonyl (C=O) groups excluding carboxylic acids is 1. The molecule has 1 saturated heterocycles. The van der Waals surface area contributed by atoms with Gasteiger partial charge in [0, 0.05) is 37.1 Å². The second-order valence-electron chi connectivity index (χ2n) is 7.37. The van der Waals surface area contributed by atoms with Crippen molar-refractivity contribution < 1.29 is 9.21 Å². The van der Waals surface area contributed by atoms with E-state index in [0.717, 1.165) is 35.6 Å². The van der Waals surface area contributed by atoms with Gasteiger partial charge in [-0.15, -0.1) is 0 Å². The number of aryl methyl sites for hydroxylation is 1. The van der Waals surface area contributed by atoms with Crippen molar-refractivity contribution in [3.8, 4) is 0 Å². The van der Waals surface area contributed by atoms with E-state index in [1.54, 1.807) is 0 Å². The largest absolute Gasteiger partial charge is 0.441 e. The number of piperidine rings is 1. The Hall–Kier alpha value is -3.02. The monoisotopic (exact) mass is 378 g/mol. The lowest BCUT2D eigenvalue weighted by Crippen LogP contribution is -2.32. The summed E-state index contributed by atoms with van der Waals surface area (Å²) in [4.78, 5) is 19.3. The number of amides is 1. The zero-order valence-electron chi connectivity index (χ0n) is 16.4. The Morgan fingerprint density at radius 1 is 1.07 bits per heavy atom. The van der Waals surface area contributed by atoms with Gasteiger partial charge >= 0.3 is 0 Å². The summed E-state index contributed by atoms with van der Waals surface area (Å²) in [6, 6.07) is 13.4. The lowest BCUT2D eigenvalue weighted by Gasteiger charge is -2.28. The first kappa shape index (κ1) is 18.3. The fourth-order valence-electron chi connectivity index (χ4n) is 3.61. The molecule has 0 radical (unpaired) electrons. The van der Waals surface area contributed by atoms with Crippen molar-refractivity contribution in [2.75, 3.05) is 28.6 Å². The van der Waals surface area contributed by atoms with Crippen LogP contribution in [-0.2, 0) is 4.79 Å². The van der Waals surface area contributed by atoms with Crippen molar-refractivity contribution in [2.45, 2.75) is 39.2 Å². The zero-order chi connectivity index (χ0) is 19.5. The van der Waals surface area contributed by atoms with E-state index in [1.807, 2.05) is 44.2 Å². The van der Waals surface area contributed by atoms with Gasteiger partial charge in [-0.05, 0) is 68.7 Å². The molecule has 6 heteroatoms. The van der Waals surface area contributed by atoms with E-state index in [9.17, 15) is 4.79 Å². The van der Waals surface area contributed by atoms with Crippen LogP contribution in [-0.4, -0.2) is 30.0 Å². The summed E-state index contributed by atoms with van der Waals surface area (Å²) >= 11 is 0. The highest BCUT2D eigenvalue weighted by Crippen LogP contribution is 2.23. The van der Waals surface area contributed by atoms with Crippen molar-refractivity contribution in [2.24, 2.45) is 0 Å². The maximum Gasteiger partial charge on any atom is 0.246 e. The van der Waals surface area contributed by atoms with Crippen LogP contribution in [0.5, 0.6) is 0 Å². The van der Waals surface area contributed by atoms with Crippen LogP contribution in [0, 0.1) is 6.92 Å². The average molecular weight is 378 g/mol. The maximum atomic E-state index is 12.6. The summed E-state index contributed by atoms with van der Waals surface area (Å²) < 4.78 is 5.49. The van der Waals surface area contributed by atoms with E-state index in [1.165, 1.54) is 24.9 Å². The molecule has 3 aromatic rings. The molecule has 2 heterocycles. The number of hydrogen-bond donors (Lipinski definition) is 2. The Labute approximate surface area is 164 Å². The van der Waals surface area contributed by atoms with Gasteiger partial charge in [0.1, 0.15) is 11.6 Å². The number of rotatable bonds is 5. The van der Waals surface area contributed by atoms with Crippen molar-refractivity contribution in [3.05, 3.63) is 48.4 Å². The van der Waals surface area contributed by atoms with Gasteiger partial charge in [0.25, 0.3) is 0 Å². The Balaban J connectivity index is 1.36. The third-order valence-corrected chi connectivity index (χ3v) is 5.13. The van der Waals surface area contributed by atoms with E-state index in [-0.39, 0.29) is 11.9 Å². The fourth-order valence-corrected chi connectivity index (χ4v) is 3.61. The van der Waals surface area contributed by atoms with Gasteiger partial charge in [-0.1, -0.05) is 0 Å². The molecule has 146 valence electrons. The number of nitrogens with zero attached hydrogens (tertiary/aromatic N) is 2. The summed E-state index contributed by atoms with van der Waals surface area (Å²) in [5, 5.41) is 6.20. The van der Waals surface area contributed by atoms with Gasteiger partial charge < -0.3 is 20.0 Å². The Kier molecular flexibility index (Phi) is 5.19. The zero-order valence-corrected chi connectivity index (χ0v) is 16.4. The number of carbonyl (C=O) groups is 1. The van der Waals surface area contributed by atoms with Crippen LogP contribution in [0.1, 0.15) is 32.1 Å². The normalized spacial score (nSPS) is 15.4. The smallest absolute Gasteiger partial charge is 0.246 e. The first-order valence-corrected chi connectivity index (χ1v) is 9.88. The maximum absolute atomic E-state index is 12.6. The Morgan fingerprint density at radius 2 is 1.79 bits per heavy atom. The van der Waals surface area contributed by atoms with Crippen molar-refractivity contribution in [3.63, 3.8) is 0 Å². The minimum absolute atomic E-state index is 0.0813. The fraction of sp³-hybridized carbons (Fsp3) is 0.364. The number of aromatic nitrogens is 1. The Bertz CT molecular complexity index is 958. The number of benzene rings is 2. The van der Waals surface area contributed by atoms with Gasteiger partial charge in [-0.25, -0.2) is 4.98 Å². The molecule has 1 aliphatic rings. The molecule has 0 bridgehead atoms. The number of oxazole rings is 1. The summed E-state index contributed by atoms with van der Waals surface area (Å²) in [6.45, 7) is 5.89. The molecule has 28 heavy (non-hydrogen) atoms. The van der Waals surface area contributed by atoms with Gasteiger partial charge in [0.05, 0.1) is 0 Å². The first-order chi connectivity index (χ1) is 13.6. The first-order valence-electron chi connectivity index (χ1n) is 9.88. The van der Waals surface area contributed by atoms with E-state index in [4.69, 9.17) is 4.42 Å².